The second-order valence-corrected chi connectivity index (χ2v) is 6.66. The highest BCUT2D eigenvalue weighted by atomic mass is 79.9. The van der Waals surface area contributed by atoms with Crippen LogP contribution in [0.4, 0.5) is 0 Å². The van der Waals surface area contributed by atoms with Crippen LogP contribution in [0, 0.1) is 0 Å². The van der Waals surface area contributed by atoms with Crippen molar-refractivity contribution in [3.63, 3.8) is 0 Å². The lowest BCUT2D eigenvalue weighted by Gasteiger charge is -2.03. The average Bonchev–Trinajstić information content (AvgIpc) is 2.48. The van der Waals surface area contributed by atoms with E-state index in [-0.39, 0.29) is 4.90 Å². The van der Waals surface area contributed by atoms with Crippen LogP contribution >= 0.6 is 15.9 Å². The van der Waals surface area contributed by atoms with Crippen LogP contribution in [0.5, 0.6) is 5.75 Å². The van der Waals surface area contributed by atoms with Gasteiger partial charge >= 0.3 is 0 Å². The van der Waals surface area contributed by atoms with Gasteiger partial charge in [-0.05, 0) is 54.1 Å². The second kappa shape index (κ2) is 6.73. The van der Waals surface area contributed by atoms with Crippen molar-refractivity contribution in [3.8, 4) is 5.75 Å². The molecule has 1 N–H and O–H groups in total. The molecule has 0 amide bonds. The molecule has 0 aromatic heterocycles. The summed E-state index contributed by atoms with van der Waals surface area (Å²) in [5.74, 6) is 0.725. The van der Waals surface area contributed by atoms with Crippen LogP contribution in [-0.2, 0) is 10.0 Å². The lowest BCUT2D eigenvalue weighted by Crippen LogP contribution is -2.18. The fourth-order valence-corrected chi connectivity index (χ4v) is 2.58. The lowest BCUT2D eigenvalue weighted by atomic mass is 10.2. The molecule has 0 aliphatic rings. The van der Waals surface area contributed by atoms with E-state index in [1.54, 1.807) is 43.5 Å². The second-order valence-electron chi connectivity index (χ2n) is 4.08. The van der Waals surface area contributed by atoms with Crippen LogP contribution in [-0.4, -0.2) is 21.7 Å². The standard InChI is InChI=1S/C14H13BrN2O3S/c1-20-13-6-2-11(3-7-13)10-16-17-21(18,19)14-8-4-12(15)5-9-14/h2-10,17H,1H3. The van der Waals surface area contributed by atoms with Crippen molar-refractivity contribution in [3.05, 3.63) is 58.6 Å². The number of halogens is 1. The molecule has 0 saturated heterocycles. The Kier molecular flexibility index (Phi) is 4.98. The van der Waals surface area contributed by atoms with Crippen molar-refractivity contribution in [1.82, 2.24) is 4.83 Å². The van der Waals surface area contributed by atoms with Crippen LogP contribution < -0.4 is 9.57 Å². The topological polar surface area (TPSA) is 67.8 Å². The first-order valence-corrected chi connectivity index (χ1v) is 8.23. The molecule has 0 aliphatic heterocycles. The largest absolute Gasteiger partial charge is 0.497 e. The van der Waals surface area contributed by atoms with Gasteiger partial charge in [0.15, 0.2) is 0 Å². The highest BCUT2D eigenvalue weighted by molar-refractivity contribution is 9.10. The van der Waals surface area contributed by atoms with Crippen molar-refractivity contribution in [2.45, 2.75) is 4.90 Å². The van der Waals surface area contributed by atoms with Gasteiger partial charge in [0.05, 0.1) is 18.2 Å². The van der Waals surface area contributed by atoms with E-state index >= 15 is 0 Å². The number of hydrogen-bond acceptors (Lipinski definition) is 4. The van der Waals surface area contributed by atoms with E-state index in [1.807, 2.05) is 0 Å². The molecule has 7 heteroatoms. The maximum Gasteiger partial charge on any atom is 0.276 e. The molecule has 0 saturated carbocycles. The van der Waals surface area contributed by atoms with Gasteiger partial charge in [0, 0.05) is 4.47 Å². The summed E-state index contributed by atoms with van der Waals surface area (Å²) in [5.41, 5.74) is 0.759. The molecule has 0 radical (unpaired) electrons. The minimum atomic E-state index is -3.65. The Balaban J connectivity index is 2.06. The zero-order valence-corrected chi connectivity index (χ0v) is 13.6. The van der Waals surface area contributed by atoms with E-state index in [0.717, 1.165) is 15.8 Å². The fourth-order valence-electron chi connectivity index (χ4n) is 1.53. The smallest absolute Gasteiger partial charge is 0.276 e. The maximum absolute atomic E-state index is 12.0. The Labute approximate surface area is 131 Å². The summed E-state index contributed by atoms with van der Waals surface area (Å²) in [6, 6.07) is 13.4. The number of hydrazone groups is 1. The molecule has 0 aliphatic carbocycles. The van der Waals surface area contributed by atoms with Gasteiger partial charge < -0.3 is 4.74 Å². The minimum absolute atomic E-state index is 0.151. The predicted molar refractivity (Wildman–Crippen MR) is 85.1 cm³/mol. The Morgan fingerprint density at radius 3 is 2.29 bits per heavy atom. The van der Waals surface area contributed by atoms with Crippen molar-refractivity contribution in [2.75, 3.05) is 7.11 Å². The van der Waals surface area contributed by atoms with Gasteiger partial charge in [0.2, 0.25) is 0 Å². The van der Waals surface area contributed by atoms with E-state index in [9.17, 15) is 8.42 Å². The fraction of sp³-hybridized carbons (Fsp3) is 0.0714. The number of benzene rings is 2. The monoisotopic (exact) mass is 368 g/mol. The van der Waals surface area contributed by atoms with Crippen molar-refractivity contribution < 1.29 is 13.2 Å². The summed E-state index contributed by atoms with van der Waals surface area (Å²) >= 11 is 3.25. The number of nitrogens with one attached hydrogen (secondary N) is 1. The number of nitrogens with zero attached hydrogens (tertiary/aromatic N) is 1. The maximum atomic E-state index is 12.0. The molecule has 0 heterocycles. The number of hydrogen-bond donors (Lipinski definition) is 1. The van der Waals surface area contributed by atoms with Gasteiger partial charge in [-0.2, -0.15) is 13.5 Å². The average molecular weight is 369 g/mol. The minimum Gasteiger partial charge on any atom is -0.497 e. The van der Waals surface area contributed by atoms with Gasteiger partial charge in [-0.1, -0.05) is 15.9 Å². The highest BCUT2D eigenvalue weighted by Crippen LogP contribution is 2.14. The Morgan fingerprint density at radius 2 is 1.71 bits per heavy atom. The summed E-state index contributed by atoms with van der Waals surface area (Å²) < 4.78 is 29.8. The van der Waals surface area contributed by atoms with Gasteiger partial charge in [-0.15, -0.1) is 0 Å². The number of rotatable bonds is 5. The van der Waals surface area contributed by atoms with E-state index < -0.39 is 10.0 Å². The Morgan fingerprint density at radius 1 is 1.10 bits per heavy atom. The van der Waals surface area contributed by atoms with Gasteiger partial charge in [0.1, 0.15) is 5.75 Å². The van der Waals surface area contributed by atoms with E-state index in [2.05, 4.69) is 25.9 Å². The van der Waals surface area contributed by atoms with Crippen molar-refractivity contribution in [2.24, 2.45) is 5.10 Å². The lowest BCUT2D eigenvalue weighted by molar-refractivity contribution is 0.415. The van der Waals surface area contributed by atoms with Crippen molar-refractivity contribution >= 4 is 32.2 Å². The van der Waals surface area contributed by atoms with Crippen LogP contribution in [0.15, 0.2) is 63.0 Å². The van der Waals surface area contributed by atoms with E-state index in [1.165, 1.54) is 18.3 Å². The van der Waals surface area contributed by atoms with Crippen LogP contribution in [0.2, 0.25) is 0 Å². The molecule has 110 valence electrons. The molecule has 5 nitrogen and oxygen atoms in total. The molecule has 2 aromatic rings. The number of methoxy groups -OCH3 is 1. The zero-order valence-electron chi connectivity index (χ0n) is 11.2. The molecule has 21 heavy (non-hydrogen) atoms. The van der Waals surface area contributed by atoms with Crippen LogP contribution in [0.1, 0.15) is 5.56 Å². The normalized spacial score (nSPS) is 11.5. The van der Waals surface area contributed by atoms with Crippen molar-refractivity contribution in [1.29, 1.82) is 0 Å². The van der Waals surface area contributed by atoms with Crippen LogP contribution in [0.3, 0.4) is 0 Å². The third kappa shape index (κ3) is 4.30. The Bertz CT molecular complexity index is 726. The molecule has 0 bridgehead atoms. The molecule has 0 fully saturated rings. The number of ether oxygens (including phenoxy) is 1. The predicted octanol–water partition coefficient (Wildman–Crippen LogP) is 2.77. The summed E-state index contributed by atoms with van der Waals surface area (Å²) in [6.45, 7) is 0. The van der Waals surface area contributed by atoms with Gasteiger partial charge in [0.25, 0.3) is 10.0 Å². The summed E-state index contributed by atoms with van der Waals surface area (Å²) in [5, 5.41) is 3.75. The van der Waals surface area contributed by atoms with Gasteiger partial charge in [-0.25, -0.2) is 4.83 Å². The third-order valence-electron chi connectivity index (χ3n) is 2.63. The molecule has 2 aromatic carbocycles. The molecular formula is C14H13BrN2O3S. The van der Waals surface area contributed by atoms with Gasteiger partial charge in [-0.3, -0.25) is 0 Å². The quantitative estimate of drug-likeness (QED) is 0.651. The van der Waals surface area contributed by atoms with E-state index in [4.69, 9.17) is 4.74 Å². The highest BCUT2D eigenvalue weighted by Gasteiger charge is 2.11. The first kappa shape index (κ1) is 15.5. The van der Waals surface area contributed by atoms with Crippen LogP contribution in [0.25, 0.3) is 0 Å². The Hall–Kier alpha value is -1.86. The molecule has 0 spiro atoms. The first-order valence-electron chi connectivity index (χ1n) is 5.96. The third-order valence-corrected chi connectivity index (χ3v) is 4.39. The molecule has 0 unspecified atom stereocenters. The first-order chi connectivity index (χ1) is 10.0. The number of sulfonamides is 1. The zero-order chi connectivity index (χ0) is 15.3. The molecule has 2 rings (SSSR count). The summed E-state index contributed by atoms with van der Waals surface area (Å²) in [4.78, 5) is 2.32. The molecule has 0 atom stereocenters. The molecular weight excluding hydrogens is 356 g/mol. The SMILES string of the molecule is COc1ccc(C=NNS(=O)(=O)c2ccc(Br)cc2)cc1. The summed E-state index contributed by atoms with van der Waals surface area (Å²) in [6.07, 6.45) is 1.43. The van der Waals surface area contributed by atoms with E-state index in [0.29, 0.717) is 0 Å². The summed E-state index contributed by atoms with van der Waals surface area (Å²) in [7, 11) is -2.07.